The van der Waals surface area contributed by atoms with Crippen molar-refractivity contribution >= 4 is 39.9 Å². The smallest absolute Gasteiger partial charge is 0.237 e. The standard InChI is InChI=1S/C15H17N3OS2/c1-11(21-15(20)18-8-4-5-9-18)14(19)17-13-7-3-2-6-12(13)10-16/h2-3,6-7,11H,4-5,8-9H2,1H3,(H,17,19)/t11-/m0/s1. The predicted octanol–water partition coefficient (Wildman–Crippen LogP) is 3.00. The fraction of sp³-hybridized carbons (Fsp3) is 0.400. The van der Waals surface area contributed by atoms with Crippen molar-refractivity contribution in [2.75, 3.05) is 18.4 Å². The number of nitrogens with zero attached hydrogens (tertiary/aromatic N) is 2. The zero-order chi connectivity index (χ0) is 15.2. The number of hydrogen-bond acceptors (Lipinski definition) is 4. The third-order valence-electron chi connectivity index (χ3n) is 3.32. The van der Waals surface area contributed by atoms with E-state index in [1.807, 2.05) is 6.92 Å². The van der Waals surface area contributed by atoms with Crippen molar-refractivity contribution in [3.05, 3.63) is 29.8 Å². The molecule has 4 nitrogen and oxygen atoms in total. The van der Waals surface area contributed by atoms with Gasteiger partial charge in [-0.25, -0.2) is 0 Å². The van der Waals surface area contributed by atoms with Gasteiger partial charge in [-0.15, -0.1) is 0 Å². The molecule has 2 rings (SSSR count). The average molecular weight is 319 g/mol. The van der Waals surface area contributed by atoms with Crippen molar-refractivity contribution in [1.82, 2.24) is 4.90 Å². The first-order chi connectivity index (χ1) is 10.1. The van der Waals surface area contributed by atoms with Crippen molar-refractivity contribution in [1.29, 1.82) is 5.26 Å². The molecule has 1 N–H and O–H groups in total. The quantitative estimate of drug-likeness (QED) is 0.868. The predicted molar refractivity (Wildman–Crippen MR) is 90.2 cm³/mol. The minimum absolute atomic E-state index is 0.135. The normalized spacial score (nSPS) is 15.3. The fourth-order valence-electron chi connectivity index (χ4n) is 2.10. The van der Waals surface area contributed by atoms with Gasteiger partial charge in [-0.3, -0.25) is 4.79 Å². The molecule has 1 saturated heterocycles. The summed E-state index contributed by atoms with van der Waals surface area (Å²) < 4.78 is 0.781. The summed E-state index contributed by atoms with van der Waals surface area (Å²) in [6.45, 7) is 3.80. The van der Waals surface area contributed by atoms with E-state index >= 15 is 0 Å². The Kier molecular flexibility index (Phi) is 5.59. The van der Waals surface area contributed by atoms with E-state index in [0.29, 0.717) is 11.3 Å². The van der Waals surface area contributed by atoms with Gasteiger partial charge in [-0.05, 0) is 31.9 Å². The number of nitrogens with one attached hydrogen (secondary N) is 1. The minimum atomic E-state index is -0.287. The fourth-order valence-corrected chi connectivity index (χ4v) is 3.52. The number of anilines is 1. The number of amides is 1. The summed E-state index contributed by atoms with van der Waals surface area (Å²) in [7, 11) is 0. The van der Waals surface area contributed by atoms with Crippen molar-refractivity contribution in [3.8, 4) is 6.07 Å². The second kappa shape index (κ2) is 7.43. The molecule has 0 saturated carbocycles. The molecule has 0 aromatic heterocycles. The maximum atomic E-state index is 12.2. The van der Waals surface area contributed by atoms with Gasteiger partial charge in [-0.1, -0.05) is 36.1 Å². The summed E-state index contributed by atoms with van der Waals surface area (Å²) in [6.07, 6.45) is 2.33. The highest BCUT2D eigenvalue weighted by molar-refractivity contribution is 8.23. The van der Waals surface area contributed by atoms with Crippen molar-refractivity contribution in [2.24, 2.45) is 0 Å². The summed E-state index contributed by atoms with van der Waals surface area (Å²) in [5.41, 5.74) is 1.01. The molecule has 6 heteroatoms. The number of carbonyl (C=O) groups excluding carboxylic acids is 1. The Balaban J connectivity index is 1.93. The molecule has 0 radical (unpaired) electrons. The van der Waals surface area contributed by atoms with Crippen LogP contribution < -0.4 is 5.32 Å². The summed E-state index contributed by atoms with van der Waals surface area (Å²) in [5.74, 6) is -0.135. The second-order valence-corrected chi connectivity index (χ2v) is 6.84. The van der Waals surface area contributed by atoms with E-state index in [0.717, 1.165) is 30.3 Å². The average Bonchev–Trinajstić information content (AvgIpc) is 3.02. The highest BCUT2D eigenvalue weighted by atomic mass is 32.2. The first-order valence-corrected chi connectivity index (χ1v) is 8.16. The van der Waals surface area contributed by atoms with Crippen molar-refractivity contribution in [3.63, 3.8) is 0 Å². The zero-order valence-corrected chi connectivity index (χ0v) is 13.5. The Morgan fingerprint density at radius 1 is 1.43 bits per heavy atom. The first kappa shape index (κ1) is 15.8. The molecule has 0 bridgehead atoms. The monoisotopic (exact) mass is 319 g/mol. The Bertz CT molecular complexity index is 577. The van der Waals surface area contributed by atoms with E-state index in [4.69, 9.17) is 17.5 Å². The van der Waals surface area contributed by atoms with E-state index in [9.17, 15) is 4.79 Å². The number of hydrogen-bond donors (Lipinski definition) is 1. The Hall–Kier alpha value is -1.58. The van der Waals surface area contributed by atoms with Crippen LogP contribution in [0.5, 0.6) is 0 Å². The molecule has 21 heavy (non-hydrogen) atoms. The lowest BCUT2D eigenvalue weighted by molar-refractivity contribution is -0.115. The van der Waals surface area contributed by atoms with Crippen LogP contribution in [0.1, 0.15) is 25.3 Å². The number of thioether (sulfide) groups is 1. The van der Waals surface area contributed by atoms with Crippen molar-refractivity contribution < 1.29 is 4.79 Å². The molecule has 1 aromatic carbocycles. The van der Waals surface area contributed by atoms with Crippen LogP contribution >= 0.6 is 24.0 Å². The van der Waals surface area contributed by atoms with Gasteiger partial charge in [0.25, 0.3) is 0 Å². The van der Waals surface area contributed by atoms with Crippen LogP contribution in [0, 0.1) is 11.3 Å². The van der Waals surface area contributed by atoms with Gasteiger partial charge < -0.3 is 10.2 Å². The molecule has 1 atom stereocenters. The molecular formula is C15H17N3OS2. The van der Waals surface area contributed by atoms with Gasteiger partial charge in [0, 0.05) is 13.1 Å². The summed E-state index contributed by atoms with van der Waals surface area (Å²) in [4.78, 5) is 14.4. The summed E-state index contributed by atoms with van der Waals surface area (Å²) in [5, 5.41) is 11.5. The largest absolute Gasteiger partial charge is 0.358 e. The molecule has 1 amide bonds. The van der Waals surface area contributed by atoms with E-state index in [1.54, 1.807) is 24.3 Å². The van der Waals surface area contributed by atoms with Crippen molar-refractivity contribution in [2.45, 2.75) is 25.0 Å². The van der Waals surface area contributed by atoms with Gasteiger partial charge in [0.1, 0.15) is 10.4 Å². The lowest BCUT2D eigenvalue weighted by atomic mass is 10.2. The Labute approximate surface area is 134 Å². The van der Waals surface area contributed by atoms with Crippen LogP contribution in [-0.4, -0.2) is 33.5 Å². The molecule has 1 aliphatic rings. The number of nitriles is 1. The minimum Gasteiger partial charge on any atom is -0.358 e. The van der Waals surface area contributed by atoms with Gasteiger partial charge in [0.15, 0.2) is 0 Å². The maximum absolute atomic E-state index is 12.2. The maximum Gasteiger partial charge on any atom is 0.237 e. The van der Waals surface area contributed by atoms with Crippen LogP contribution in [0.4, 0.5) is 5.69 Å². The third kappa shape index (κ3) is 4.19. The molecule has 0 aliphatic carbocycles. The number of likely N-dealkylation sites (tertiary alicyclic amines) is 1. The number of rotatable bonds is 3. The highest BCUT2D eigenvalue weighted by Crippen LogP contribution is 2.22. The van der Waals surface area contributed by atoms with Gasteiger partial charge in [0.05, 0.1) is 16.5 Å². The number of carbonyl (C=O) groups is 1. The molecule has 1 fully saturated rings. The van der Waals surface area contributed by atoms with E-state index in [-0.39, 0.29) is 11.2 Å². The number of benzene rings is 1. The molecule has 0 spiro atoms. The van der Waals surface area contributed by atoms with Crippen LogP contribution in [0.3, 0.4) is 0 Å². The number of thiocarbonyl (C=S) groups is 1. The van der Waals surface area contributed by atoms with Gasteiger partial charge in [-0.2, -0.15) is 5.26 Å². The van der Waals surface area contributed by atoms with E-state index in [2.05, 4.69) is 16.3 Å². The molecule has 1 heterocycles. The van der Waals surface area contributed by atoms with Crippen LogP contribution in [-0.2, 0) is 4.79 Å². The lowest BCUT2D eigenvalue weighted by Gasteiger charge is -2.20. The van der Waals surface area contributed by atoms with Crippen LogP contribution in [0.25, 0.3) is 0 Å². The van der Waals surface area contributed by atoms with E-state index < -0.39 is 0 Å². The molecule has 1 aliphatic heterocycles. The SMILES string of the molecule is C[C@H](SC(=S)N1CCCC1)C(=O)Nc1ccccc1C#N. The van der Waals surface area contributed by atoms with Crippen LogP contribution in [0.15, 0.2) is 24.3 Å². The summed E-state index contributed by atoms with van der Waals surface area (Å²) >= 11 is 6.78. The van der Waals surface area contributed by atoms with Gasteiger partial charge >= 0.3 is 0 Å². The molecule has 110 valence electrons. The topological polar surface area (TPSA) is 56.1 Å². The first-order valence-electron chi connectivity index (χ1n) is 6.87. The number of para-hydroxylation sites is 1. The lowest BCUT2D eigenvalue weighted by Crippen LogP contribution is -2.29. The molecule has 1 aromatic rings. The van der Waals surface area contributed by atoms with E-state index in [1.165, 1.54) is 11.8 Å². The zero-order valence-electron chi connectivity index (χ0n) is 11.8. The Morgan fingerprint density at radius 3 is 2.76 bits per heavy atom. The summed E-state index contributed by atoms with van der Waals surface area (Å²) in [6, 6.07) is 9.05. The Morgan fingerprint density at radius 2 is 2.10 bits per heavy atom. The van der Waals surface area contributed by atoms with Crippen LogP contribution in [0.2, 0.25) is 0 Å². The molecule has 0 unspecified atom stereocenters. The molecular weight excluding hydrogens is 302 g/mol. The highest BCUT2D eigenvalue weighted by Gasteiger charge is 2.21. The second-order valence-electron chi connectivity index (χ2n) is 4.87. The third-order valence-corrected chi connectivity index (χ3v) is 4.89. The van der Waals surface area contributed by atoms with Gasteiger partial charge in [0.2, 0.25) is 5.91 Å².